The number of imidazole rings is 1. The molecule has 0 aliphatic heterocycles. The summed E-state index contributed by atoms with van der Waals surface area (Å²) in [6.07, 6.45) is 10.2. The lowest BCUT2D eigenvalue weighted by atomic mass is 9.96. The van der Waals surface area contributed by atoms with Gasteiger partial charge in [0.15, 0.2) is 5.65 Å². The first-order chi connectivity index (χ1) is 14.1. The summed E-state index contributed by atoms with van der Waals surface area (Å²) in [5.41, 5.74) is 4.60. The maximum absolute atomic E-state index is 4.94. The number of aromatic amines is 1. The Kier molecular flexibility index (Phi) is 4.45. The fraction of sp³-hybridized carbons (Fsp3) is 0.455. The van der Waals surface area contributed by atoms with Crippen LogP contribution in [0.2, 0.25) is 0 Å². The van der Waals surface area contributed by atoms with Crippen molar-refractivity contribution in [3.8, 4) is 11.3 Å². The van der Waals surface area contributed by atoms with Gasteiger partial charge in [0, 0.05) is 35.4 Å². The molecule has 0 atom stereocenters. The van der Waals surface area contributed by atoms with E-state index in [-0.39, 0.29) is 0 Å². The predicted molar refractivity (Wildman–Crippen MR) is 116 cm³/mol. The van der Waals surface area contributed by atoms with Crippen molar-refractivity contribution in [1.82, 2.24) is 29.5 Å². The van der Waals surface area contributed by atoms with Gasteiger partial charge in [0.1, 0.15) is 17.0 Å². The van der Waals surface area contributed by atoms with Crippen LogP contribution in [0.1, 0.15) is 57.8 Å². The monoisotopic (exact) mass is 389 g/mol. The van der Waals surface area contributed by atoms with Crippen LogP contribution in [0.25, 0.3) is 33.5 Å². The highest BCUT2D eigenvalue weighted by Gasteiger charge is 2.17. The SMILES string of the molecule is Cc1nc2ccc(-c3c[nH]c4nc(NC5CCCCC5)ncc34)nc2n1C(C)C. The lowest BCUT2D eigenvalue weighted by Crippen LogP contribution is -2.23. The number of pyridine rings is 1. The quantitative estimate of drug-likeness (QED) is 0.513. The van der Waals surface area contributed by atoms with E-state index in [2.05, 4.69) is 38.7 Å². The average Bonchev–Trinajstić information content (AvgIpc) is 3.27. The van der Waals surface area contributed by atoms with Gasteiger partial charge in [0.05, 0.1) is 5.69 Å². The first kappa shape index (κ1) is 18.1. The number of aromatic nitrogens is 6. The third-order valence-electron chi connectivity index (χ3n) is 5.88. The van der Waals surface area contributed by atoms with E-state index >= 15 is 0 Å². The molecule has 0 radical (unpaired) electrons. The van der Waals surface area contributed by atoms with Crippen LogP contribution in [0.5, 0.6) is 0 Å². The number of nitrogens with one attached hydrogen (secondary N) is 2. The van der Waals surface area contributed by atoms with Crippen LogP contribution in [0.4, 0.5) is 5.95 Å². The van der Waals surface area contributed by atoms with Crippen molar-refractivity contribution in [1.29, 1.82) is 0 Å². The molecule has 1 aliphatic rings. The molecule has 4 heterocycles. The summed E-state index contributed by atoms with van der Waals surface area (Å²) >= 11 is 0. The second-order valence-electron chi connectivity index (χ2n) is 8.30. The highest BCUT2D eigenvalue weighted by molar-refractivity contribution is 5.93. The van der Waals surface area contributed by atoms with Gasteiger partial charge in [-0.3, -0.25) is 0 Å². The number of hydrogen-bond donors (Lipinski definition) is 2. The van der Waals surface area contributed by atoms with Crippen molar-refractivity contribution in [3.63, 3.8) is 0 Å². The number of hydrogen-bond acceptors (Lipinski definition) is 5. The molecule has 150 valence electrons. The first-order valence-electron chi connectivity index (χ1n) is 10.6. The molecule has 0 unspecified atom stereocenters. The number of nitrogens with zero attached hydrogens (tertiary/aromatic N) is 5. The minimum absolute atomic E-state index is 0.308. The van der Waals surface area contributed by atoms with Gasteiger partial charge in [-0.25, -0.2) is 15.0 Å². The molecule has 4 aromatic rings. The van der Waals surface area contributed by atoms with Gasteiger partial charge in [-0.15, -0.1) is 0 Å². The smallest absolute Gasteiger partial charge is 0.224 e. The van der Waals surface area contributed by atoms with Crippen molar-refractivity contribution in [3.05, 3.63) is 30.4 Å². The zero-order chi connectivity index (χ0) is 20.0. The van der Waals surface area contributed by atoms with E-state index in [9.17, 15) is 0 Å². The molecule has 7 heteroatoms. The summed E-state index contributed by atoms with van der Waals surface area (Å²) in [6, 6.07) is 4.86. The van der Waals surface area contributed by atoms with Gasteiger partial charge in [-0.2, -0.15) is 4.98 Å². The van der Waals surface area contributed by atoms with Gasteiger partial charge < -0.3 is 14.9 Å². The van der Waals surface area contributed by atoms with E-state index in [4.69, 9.17) is 9.97 Å². The molecule has 0 spiro atoms. The Bertz CT molecular complexity index is 1160. The Morgan fingerprint density at radius 3 is 2.72 bits per heavy atom. The van der Waals surface area contributed by atoms with Crippen LogP contribution in [-0.2, 0) is 0 Å². The van der Waals surface area contributed by atoms with Crippen LogP contribution in [0.15, 0.2) is 24.5 Å². The molecule has 1 fully saturated rings. The summed E-state index contributed by atoms with van der Waals surface area (Å²) in [5, 5.41) is 4.48. The maximum Gasteiger partial charge on any atom is 0.224 e. The number of rotatable bonds is 4. The molecule has 0 saturated heterocycles. The highest BCUT2D eigenvalue weighted by Crippen LogP contribution is 2.29. The summed E-state index contributed by atoms with van der Waals surface area (Å²) in [7, 11) is 0. The average molecular weight is 390 g/mol. The second kappa shape index (κ2) is 7.13. The van der Waals surface area contributed by atoms with Gasteiger partial charge in [0.25, 0.3) is 0 Å². The Hall–Kier alpha value is -2.96. The fourth-order valence-corrected chi connectivity index (χ4v) is 4.47. The normalized spacial score (nSPS) is 15.6. The van der Waals surface area contributed by atoms with Crippen LogP contribution in [-0.4, -0.2) is 35.5 Å². The Balaban J connectivity index is 1.51. The highest BCUT2D eigenvalue weighted by atomic mass is 15.1. The van der Waals surface area contributed by atoms with E-state index in [1.807, 2.05) is 31.5 Å². The van der Waals surface area contributed by atoms with Gasteiger partial charge in [0.2, 0.25) is 5.95 Å². The number of aryl methyl sites for hydroxylation is 1. The molecular weight excluding hydrogens is 362 g/mol. The molecule has 0 bridgehead atoms. The molecule has 0 aromatic carbocycles. The van der Waals surface area contributed by atoms with Crippen molar-refractivity contribution < 1.29 is 0 Å². The predicted octanol–water partition coefficient (Wildman–Crippen LogP) is 5.00. The standard InChI is InChI=1S/C22H27N7/c1-13(2)29-14(3)25-19-10-9-18(27-21(19)29)16-11-23-20-17(16)12-24-22(28-20)26-15-7-5-4-6-8-15/h9-13,15H,4-8H2,1-3H3,(H2,23,24,26,28). The van der Waals surface area contributed by atoms with E-state index < -0.39 is 0 Å². The van der Waals surface area contributed by atoms with Gasteiger partial charge in [-0.1, -0.05) is 19.3 Å². The number of anilines is 1. The van der Waals surface area contributed by atoms with Crippen LogP contribution in [0.3, 0.4) is 0 Å². The van der Waals surface area contributed by atoms with E-state index in [0.717, 1.165) is 39.3 Å². The van der Waals surface area contributed by atoms with Crippen molar-refractivity contribution in [2.45, 2.75) is 65.0 Å². The molecular formula is C22H27N7. The van der Waals surface area contributed by atoms with Crippen LogP contribution < -0.4 is 5.32 Å². The molecule has 5 rings (SSSR count). The summed E-state index contributed by atoms with van der Waals surface area (Å²) < 4.78 is 2.18. The Morgan fingerprint density at radius 1 is 1.10 bits per heavy atom. The number of H-pyrrole nitrogens is 1. The third kappa shape index (κ3) is 3.24. The first-order valence-corrected chi connectivity index (χ1v) is 10.6. The largest absolute Gasteiger partial charge is 0.351 e. The lowest BCUT2D eigenvalue weighted by molar-refractivity contribution is 0.461. The molecule has 0 amide bonds. The molecule has 1 aliphatic carbocycles. The second-order valence-corrected chi connectivity index (χ2v) is 8.30. The molecule has 29 heavy (non-hydrogen) atoms. The van der Waals surface area contributed by atoms with Crippen LogP contribution in [0, 0.1) is 6.92 Å². The summed E-state index contributed by atoms with van der Waals surface area (Å²) in [4.78, 5) is 22.2. The Morgan fingerprint density at radius 2 is 1.93 bits per heavy atom. The van der Waals surface area contributed by atoms with Crippen LogP contribution >= 0.6 is 0 Å². The van der Waals surface area contributed by atoms with Gasteiger partial charge in [-0.05, 0) is 45.7 Å². The van der Waals surface area contributed by atoms with Crippen molar-refractivity contribution in [2.75, 3.05) is 5.32 Å². The van der Waals surface area contributed by atoms with Crippen molar-refractivity contribution >= 4 is 28.1 Å². The van der Waals surface area contributed by atoms with E-state index in [1.54, 1.807) is 0 Å². The molecule has 2 N–H and O–H groups in total. The minimum Gasteiger partial charge on any atom is -0.351 e. The molecule has 4 aromatic heterocycles. The minimum atomic E-state index is 0.308. The zero-order valence-electron chi connectivity index (χ0n) is 17.2. The fourth-order valence-electron chi connectivity index (χ4n) is 4.47. The van der Waals surface area contributed by atoms with E-state index in [0.29, 0.717) is 18.0 Å². The molecule has 7 nitrogen and oxygen atoms in total. The van der Waals surface area contributed by atoms with Gasteiger partial charge >= 0.3 is 0 Å². The Labute approximate surface area is 170 Å². The zero-order valence-corrected chi connectivity index (χ0v) is 17.2. The molecule has 1 saturated carbocycles. The van der Waals surface area contributed by atoms with E-state index in [1.165, 1.54) is 32.1 Å². The number of fused-ring (bicyclic) bond motifs is 2. The topological polar surface area (TPSA) is 84.3 Å². The lowest BCUT2D eigenvalue weighted by Gasteiger charge is -2.22. The van der Waals surface area contributed by atoms with Crippen molar-refractivity contribution in [2.24, 2.45) is 0 Å². The maximum atomic E-state index is 4.94. The third-order valence-corrected chi connectivity index (χ3v) is 5.88. The summed E-state index contributed by atoms with van der Waals surface area (Å²) in [5.74, 6) is 1.69. The summed E-state index contributed by atoms with van der Waals surface area (Å²) in [6.45, 7) is 6.34.